The average molecular weight is 326 g/mol. The van der Waals surface area contributed by atoms with E-state index in [1.54, 1.807) is 19.5 Å². The summed E-state index contributed by atoms with van der Waals surface area (Å²) in [5, 5.41) is 3.02. The summed E-state index contributed by atoms with van der Waals surface area (Å²) in [5.41, 5.74) is 2.62. The van der Waals surface area contributed by atoms with Gasteiger partial charge in [0, 0.05) is 37.1 Å². The van der Waals surface area contributed by atoms with Gasteiger partial charge in [-0.2, -0.15) is 0 Å². The van der Waals surface area contributed by atoms with Crippen molar-refractivity contribution in [1.29, 1.82) is 0 Å². The number of amides is 1. The minimum absolute atomic E-state index is 0.0327. The number of carbonyl (C=O) groups is 1. The van der Waals surface area contributed by atoms with E-state index in [-0.39, 0.29) is 5.91 Å². The van der Waals surface area contributed by atoms with Crippen LogP contribution in [-0.2, 0) is 4.74 Å². The third-order valence-electron chi connectivity index (χ3n) is 4.35. The topological polar surface area (TPSA) is 60.5 Å². The van der Waals surface area contributed by atoms with Gasteiger partial charge >= 0.3 is 0 Å². The molecule has 2 heterocycles. The summed E-state index contributed by atoms with van der Waals surface area (Å²) in [5.74, 6) is 1.20. The predicted molar refractivity (Wildman–Crippen MR) is 92.1 cm³/mol. The zero-order valence-corrected chi connectivity index (χ0v) is 13.8. The van der Waals surface area contributed by atoms with E-state index in [1.165, 1.54) is 0 Å². The van der Waals surface area contributed by atoms with Crippen LogP contribution in [-0.4, -0.2) is 37.8 Å². The number of methoxy groups -OCH3 is 1. The Labute approximate surface area is 142 Å². The van der Waals surface area contributed by atoms with Gasteiger partial charge in [-0.3, -0.25) is 9.78 Å². The predicted octanol–water partition coefficient (Wildman–Crippen LogP) is 2.91. The molecule has 1 fully saturated rings. The van der Waals surface area contributed by atoms with Gasteiger partial charge in [0.2, 0.25) is 0 Å². The van der Waals surface area contributed by atoms with Gasteiger partial charge in [0.05, 0.1) is 13.3 Å². The Morgan fingerprint density at radius 3 is 2.71 bits per heavy atom. The quantitative estimate of drug-likeness (QED) is 0.918. The Morgan fingerprint density at radius 1 is 1.25 bits per heavy atom. The molecule has 0 radical (unpaired) electrons. The molecular weight excluding hydrogens is 304 g/mol. The number of aromatic nitrogens is 1. The highest BCUT2D eigenvalue weighted by Gasteiger charge is 2.15. The number of carbonyl (C=O) groups excluding carboxylic acids is 1. The Balaban J connectivity index is 1.64. The van der Waals surface area contributed by atoms with E-state index in [1.807, 2.05) is 30.3 Å². The molecule has 126 valence electrons. The molecule has 0 unspecified atom stereocenters. The van der Waals surface area contributed by atoms with Crippen molar-refractivity contribution in [3.05, 3.63) is 48.3 Å². The van der Waals surface area contributed by atoms with E-state index in [4.69, 9.17) is 9.47 Å². The molecule has 1 aromatic carbocycles. The lowest BCUT2D eigenvalue weighted by molar-refractivity contribution is 0.0642. The van der Waals surface area contributed by atoms with Crippen LogP contribution in [0.25, 0.3) is 11.1 Å². The van der Waals surface area contributed by atoms with E-state index in [0.29, 0.717) is 23.8 Å². The van der Waals surface area contributed by atoms with Crippen molar-refractivity contribution in [2.75, 3.05) is 26.9 Å². The monoisotopic (exact) mass is 326 g/mol. The van der Waals surface area contributed by atoms with Crippen LogP contribution in [0, 0.1) is 5.92 Å². The average Bonchev–Trinajstić information content (AvgIpc) is 2.67. The number of nitrogens with one attached hydrogen (secondary N) is 1. The van der Waals surface area contributed by atoms with Crippen LogP contribution < -0.4 is 10.1 Å². The second-order valence-electron chi connectivity index (χ2n) is 5.92. The summed E-state index contributed by atoms with van der Waals surface area (Å²) < 4.78 is 10.7. The maximum absolute atomic E-state index is 12.3. The molecule has 3 rings (SSSR count). The lowest BCUT2D eigenvalue weighted by Crippen LogP contribution is -2.32. The fourth-order valence-electron chi connectivity index (χ4n) is 2.87. The van der Waals surface area contributed by atoms with Gasteiger partial charge in [-0.05, 0) is 42.5 Å². The number of hydrogen-bond acceptors (Lipinski definition) is 4. The van der Waals surface area contributed by atoms with Crippen molar-refractivity contribution in [3.63, 3.8) is 0 Å². The van der Waals surface area contributed by atoms with Gasteiger partial charge in [0.25, 0.3) is 5.91 Å². The zero-order valence-electron chi connectivity index (χ0n) is 13.8. The largest absolute Gasteiger partial charge is 0.494 e. The van der Waals surface area contributed by atoms with Crippen LogP contribution in [0.3, 0.4) is 0 Å². The lowest BCUT2D eigenvalue weighted by atomic mass is 10.00. The fourth-order valence-corrected chi connectivity index (χ4v) is 2.87. The smallest absolute Gasteiger partial charge is 0.251 e. The van der Waals surface area contributed by atoms with Gasteiger partial charge in [0.15, 0.2) is 0 Å². The number of rotatable bonds is 5. The Hall–Kier alpha value is -2.40. The summed E-state index contributed by atoms with van der Waals surface area (Å²) in [4.78, 5) is 16.3. The Morgan fingerprint density at radius 2 is 2.00 bits per heavy atom. The second kappa shape index (κ2) is 7.93. The fraction of sp³-hybridized carbons (Fsp3) is 0.368. The Bertz CT molecular complexity index is 679. The lowest BCUT2D eigenvalue weighted by Gasteiger charge is -2.22. The number of pyridine rings is 1. The summed E-state index contributed by atoms with van der Waals surface area (Å²) in [6.07, 6.45) is 5.44. The summed E-state index contributed by atoms with van der Waals surface area (Å²) in [6, 6.07) is 9.45. The number of ether oxygens (including phenoxy) is 2. The van der Waals surface area contributed by atoms with E-state index in [0.717, 1.165) is 37.2 Å². The molecule has 1 aliphatic heterocycles. The SMILES string of the molecule is COc1cnccc1-c1ccc(C(=O)NCC2CCOCC2)cc1. The van der Waals surface area contributed by atoms with Crippen LogP contribution in [0.15, 0.2) is 42.7 Å². The molecule has 1 aromatic heterocycles. The molecular formula is C19H22N2O3. The van der Waals surface area contributed by atoms with Crippen LogP contribution in [0.1, 0.15) is 23.2 Å². The highest BCUT2D eigenvalue weighted by atomic mass is 16.5. The molecule has 0 saturated carbocycles. The first-order valence-electron chi connectivity index (χ1n) is 8.22. The minimum atomic E-state index is -0.0327. The number of benzene rings is 1. The highest BCUT2D eigenvalue weighted by molar-refractivity contribution is 5.94. The maximum atomic E-state index is 12.3. The third kappa shape index (κ3) is 3.92. The molecule has 5 heteroatoms. The molecule has 0 aliphatic carbocycles. The summed E-state index contributed by atoms with van der Waals surface area (Å²) in [6.45, 7) is 2.30. The first-order valence-corrected chi connectivity index (χ1v) is 8.22. The van der Waals surface area contributed by atoms with Crippen molar-refractivity contribution >= 4 is 5.91 Å². The molecule has 0 spiro atoms. The standard InChI is InChI=1S/C19H22N2O3/c1-23-18-13-20-9-6-17(18)15-2-4-16(5-3-15)19(22)21-12-14-7-10-24-11-8-14/h2-6,9,13-14H,7-8,10-12H2,1H3,(H,21,22). The van der Waals surface area contributed by atoms with Crippen LogP contribution in [0.5, 0.6) is 5.75 Å². The summed E-state index contributed by atoms with van der Waals surface area (Å²) in [7, 11) is 1.62. The molecule has 1 amide bonds. The molecule has 0 atom stereocenters. The van der Waals surface area contributed by atoms with E-state index < -0.39 is 0 Å². The van der Waals surface area contributed by atoms with Gasteiger partial charge in [-0.25, -0.2) is 0 Å². The maximum Gasteiger partial charge on any atom is 0.251 e. The third-order valence-corrected chi connectivity index (χ3v) is 4.35. The molecule has 24 heavy (non-hydrogen) atoms. The van der Waals surface area contributed by atoms with Crippen LogP contribution >= 0.6 is 0 Å². The first kappa shape index (κ1) is 16.5. The zero-order chi connectivity index (χ0) is 16.8. The van der Waals surface area contributed by atoms with Crippen molar-refractivity contribution in [2.24, 2.45) is 5.92 Å². The van der Waals surface area contributed by atoms with Crippen molar-refractivity contribution < 1.29 is 14.3 Å². The highest BCUT2D eigenvalue weighted by Crippen LogP contribution is 2.28. The normalized spacial score (nSPS) is 15.0. The Kier molecular flexibility index (Phi) is 5.43. The van der Waals surface area contributed by atoms with Gasteiger partial charge in [-0.1, -0.05) is 12.1 Å². The van der Waals surface area contributed by atoms with Crippen molar-refractivity contribution in [2.45, 2.75) is 12.8 Å². The molecule has 1 N–H and O–H groups in total. The van der Waals surface area contributed by atoms with E-state index in [2.05, 4.69) is 10.3 Å². The van der Waals surface area contributed by atoms with E-state index in [9.17, 15) is 4.79 Å². The molecule has 1 saturated heterocycles. The molecule has 1 aliphatic rings. The molecule has 5 nitrogen and oxygen atoms in total. The van der Waals surface area contributed by atoms with Gasteiger partial charge < -0.3 is 14.8 Å². The summed E-state index contributed by atoms with van der Waals surface area (Å²) >= 11 is 0. The van der Waals surface area contributed by atoms with Crippen LogP contribution in [0.2, 0.25) is 0 Å². The van der Waals surface area contributed by atoms with Gasteiger partial charge in [-0.15, -0.1) is 0 Å². The number of hydrogen-bond donors (Lipinski definition) is 1. The number of nitrogens with zero attached hydrogens (tertiary/aromatic N) is 1. The van der Waals surface area contributed by atoms with Crippen molar-refractivity contribution in [1.82, 2.24) is 10.3 Å². The van der Waals surface area contributed by atoms with Crippen LogP contribution in [0.4, 0.5) is 0 Å². The second-order valence-corrected chi connectivity index (χ2v) is 5.92. The minimum Gasteiger partial charge on any atom is -0.494 e. The first-order chi connectivity index (χ1) is 11.8. The molecule has 0 bridgehead atoms. The van der Waals surface area contributed by atoms with Crippen molar-refractivity contribution in [3.8, 4) is 16.9 Å². The van der Waals surface area contributed by atoms with E-state index >= 15 is 0 Å². The van der Waals surface area contributed by atoms with Gasteiger partial charge in [0.1, 0.15) is 5.75 Å². The molecule has 2 aromatic rings.